The number of nitrogens with zero attached hydrogens (tertiary/aromatic N) is 3. The summed E-state index contributed by atoms with van der Waals surface area (Å²) in [5.41, 5.74) is 3.81. The van der Waals surface area contributed by atoms with Crippen molar-refractivity contribution in [2.75, 3.05) is 13.6 Å². The van der Waals surface area contributed by atoms with Gasteiger partial charge < -0.3 is 15.2 Å². The lowest BCUT2D eigenvalue weighted by molar-refractivity contribution is 0.788. The number of imidazole rings is 1. The molecule has 27 heavy (non-hydrogen) atoms. The average molecular weight is 475 g/mol. The Labute approximate surface area is 178 Å². The molecule has 0 bridgehead atoms. The zero-order valence-corrected chi connectivity index (χ0v) is 17.8. The van der Waals surface area contributed by atoms with Crippen molar-refractivity contribution >= 4 is 29.9 Å². The van der Waals surface area contributed by atoms with Crippen molar-refractivity contribution < 1.29 is 0 Å². The number of benzene rings is 2. The Bertz CT molecular complexity index is 798. The van der Waals surface area contributed by atoms with Crippen molar-refractivity contribution in [3.8, 4) is 0 Å². The number of guanidine groups is 1. The van der Waals surface area contributed by atoms with Gasteiger partial charge in [0.2, 0.25) is 0 Å². The van der Waals surface area contributed by atoms with Gasteiger partial charge in [0.1, 0.15) is 0 Å². The van der Waals surface area contributed by atoms with E-state index in [-0.39, 0.29) is 24.0 Å². The molecule has 1 aromatic heterocycles. The summed E-state index contributed by atoms with van der Waals surface area (Å²) in [6.45, 7) is 2.44. The van der Waals surface area contributed by atoms with E-state index in [0.29, 0.717) is 0 Å². The van der Waals surface area contributed by atoms with Crippen LogP contribution in [0.15, 0.2) is 78.3 Å². The highest BCUT2D eigenvalue weighted by Gasteiger charge is 2.00. The van der Waals surface area contributed by atoms with E-state index in [0.717, 1.165) is 32.0 Å². The molecule has 0 saturated heterocycles. The molecule has 0 saturated carbocycles. The van der Waals surface area contributed by atoms with Crippen LogP contribution < -0.4 is 10.6 Å². The molecule has 5 nitrogen and oxygen atoms in total. The van der Waals surface area contributed by atoms with Crippen molar-refractivity contribution in [3.63, 3.8) is 0 Å². The predicted octanol–water partition coefficient (Wildman–Crippen LogP) is 3.46. The fourth-order valence-corrected chi connectivity index (χ4v) is 2.73. The Balaban J connectivity index is 0.00000261. The summed E-state index contributed by atoms with van der Waals surface area (Å²) in [6, 6.07) is 19.1. The highest BCUT2D eigenvalue weighted by Crippen LogP contribution is 2.06. The van der Waals surface area contributed by atoms with Crippen LogP contribution in [0.1, 0.15) is 16.7 Å². The summed E-state index contributed by atoms with van der Waals surface area (Å²) < 4.78 is 2.06. The Morgan fingerprint density at radius 1 is 0.963 bits per heavy atom. The third-order valence-electron chi connectivity index (χ3n) is 4.18. The van der Waals surface area contributed by atoms with Gasteiger partial charge in [-0.25, -0.2) is 4.98 Å². The Morgan fingerprint density at radius 3 is 2.37 bits per heavy atom. The molecule has 142 valence electrons. The minimum atomic E-state index is 0. The molecule has 0 unspecified atom stereocenters. The quantitative estimate of drug-likeness (QED) is 0.313. The van der Waals surface area contributed by atoms with Gasteiger partial charge in [-0.1, -0.05) is 54.6 Å². The van der Waals surface area contributed by atoms with E-state index < -0.39 is 0 Å². The fourth-order valence-electron chi connectivity index (χ4n) is 2.73. The maximum absolute atomic E-state index is 4.29. The fraction of sp³-hybridized carbons (Fsp3) is 0.238. The second kappa shape index (κ2) is 11.4. The van der Waals surface area contributed by atoms with Crippen molar-refractivity contribution in [3.05, 3.63) is 90.0 Å². The van der Waals surface area contributed by atoms with E-state index in [1.54, 1.807) is 13.2 Å². The minimum absolute atomic E-state index is 0. The van der Waals surface area contributed by atoms with Gasteiger partial charge in [0.25, 0.3) is 0 Å². The highest BCUT2D eigenvalue weighted by molar-refractivity contribution is 14.0. The van der Waals surface area contributed by atoms with Gasteiger partial charge in [-0.15, -0.1) is 24.0 Å². The van der Waals surface area contributed by atoms with Crippen LogP contribution in [-0.4, -0.2) is 29.1 Å². The third-order valence-corrected chi connectivity index (χ3v) is 4.18. The largest absolute Gasteiger partial charge is 0.356 e. The first-order chi connectivity index (χ1) is 12.8. The van der Waals surface area contributed by atoms with Gasteiger partial charge in [0.05, 0.1) is 6.33 Å². The van der Waals surface area contributed by atoms with Gasteiger partial charge in [-0.2, -0.15) is 0 Å². The number of hydrogen-bond acceptors (Lipinski definition) is 2. The van der Waals surface area contributed by atoms with Gasteiger partial charge in [-0.3, -0.25) is 4.99 Å². The van der Waals surface area contributed by atoms with Crippen molar-refractivity contribution in [2.24, 2.45) is 4.99 Å². The molecule has 0 radical (unpaired) electrons. The normalized spacial score (nSPS) is 10.9. The van der Waals surface area contributed by atoms with Gasteiger partial charge in [-0.05, 0) is 23.1 Å². The van der Waals surface area contributed by atoms with Gasteiger partial charge >= 0.3 is 0 Å². The van der Waals surface area contributed by atoms with Crippen LogP contribution in [0.3, 0.4) is 0 Å². The topological polar surface area (TPSA) is 54.2 Å². The minimum Gasteiger partial charge on any atom is -0.356 e. The van der Waals surface area contributed by atoms with Crippen LogP contribution in [0.4, 0.5) is 0 Å². The molecule has 3 aromatic rings. The molecule has 3 rings (SSSR count). The van der Waals surface area contributed by atoms with Gasteiger partial charge in [0, 0.05) is 39.1 Å². The van der Waals surface area contributed by atoms with Gasteiger partial charge in [0.15, 0.2) is 5.96 Å². The van der Waals surface area contributed by atoms with Crippen molar-refractivity contribution in [2.45, 2.75) is 19.5 Å². The summed E-state index contributed by atoms with van der Waals surface area (Å²) >= 11 is 0. The summed E-state index contributed by atoms with van der Waals surface area (Å²) in [4.78, 5) is 8.36. The Morgan fingerprint density at radius 2 is 1.70 bits per heavy atom. The molecule has 2 aromatic carbocycles. The van der Waals surface area contributed by atoms with Crippen LogP contribution in [0.5, 0.6) is 0 Å². The van der Waals surface area contributed by atoms with Crippen molar-refractivity contribution in [1.82, 2.24) is 20.2 Å². The summed E-state index contributed by atoms with van der Waals surface area (Å²) in [5.74, 6) is 0.823. The second-order valence-corrected chi connectivity index (χ2v) is 6.14. The summed E-state index contributed by atoms with van der Waals surface area (Å²) in [7, 11) is 1.80. The first kappa shape index (κ1) is 21.0. The molecule has 0 aliphatic carbocycles. The Kier molecular flexibility index (Phi) is 8.83. The van der Waals surface area contributed by atoms with E-state index in [1.165, 1.54) is 16.7 Å². The molecule has 0 aliphatic heterocycles. The third kappa shape index (κ3) is 7.05. The molecule has 2 N–H and O–H groups in total. The first-order valence-electron chi connectivity index (χ1n) is 8.85. The van der Waals surface area contributed by atoms with E-state index >= 15 is 0 Å². The molecule has 6 heteroatoms. The molecule has 0 atom stereocenters. The first-order valence-corrected chi connectivity index (χ1v) is 8.85. The average Bonchev–Trinajstić information content (AvgIpc) is 3.19. The van der Waals surface area contributed by atoms with E-state index in [1.807, 2.05) is 18.6 Å². The number of aromatic nitrogens is 2. The second-order valence-electron chi connectivity index (χ2n) is 6.14. The SMILES string of the molecule is CN=C(NCCc1ccccc1)NCc1ccc(Cn2ccnc2)cc1.I. The van der Waals surface area contributed by atoms with E-state index in [4.69, 9.17) is 0 Å². The zero-order chi connectivity index (χ0) is 18.0. The lowest BCUT2D eigenvalue weighted by Crippen LogP contribution is -2.37. The lowest BCUT2D eigenvalue weighted by atomic mass is 10.1. The molecule has 0 amide bonds. The maximum Gasteiger partial charge on any atom is 0.191 e. The summed E-state index contributed by atoms with van der Waals surface area (Å²) in [6.07, 6.45) is 6.58. The van der Waals surface area contributed by atoms with E-state index in [2.05, 4.69) is 73.7 Å². The monoisotopic (exact) mass is 475 g/mol. The highest BCUT2D eigenvalue weighted by atomic mass is 127. The zero-order valence-electron chi connectivity index (χ0n) is 15.5. The maximum atomic E-state index is 4.29. The molecular weight excluding hydrogens is 449 g/mol. The van der Waals surface area contributed by atoms with Crippen molar-refractivity contribution in [1.29, 1.82) is 0 Å². The standard InChI is InChI=1S/C21H25N5.HI/c1-22-21(24-12-11-18-5-3-2-4-6-18)25-15-19-7-9-20(10-8-19)16-26-14-13-23-17-26;/h2-10,13-14,17H,11-12,15-16H2,1H3,(H2,22,24,25);1H. The number of hydrogen-bond donors (Lipinski definition) is 2. The molecule has 1 heterocycles. The van der Waals surface area contributed by atoms with Crippen LogP contribution in [-0.2, 0) is 19.5 Å². The predicted molar refractivity (Wildman–Crippen MR) is 122 cm³/mol. The molecule has 0 spiro atoms. The number of rotatable bonds is 7. The number of aliphatic imine (C=N–C) groups is 1. The van der Waals surface area contributed by atoms with Crippen LogP contribution in [0.2, 0.25) is 0 Å². The number of halogens is 1. The number of nitrogens with one attached hydrogen (secondary N) is 2. The van der Waals surface area contributed by atoms with Crippen LogP contribution >= 0.6 is 24.0 Å². The smallest absolute Gasteiger partial charge is 0.191 e. The molecule has 0 fully saturated rings. The summed E-state index contributed by atoms with van der Waals surface area (Å²) in [5, 5.41) is 6.72. The molecular formula is C21H26IN5. The van der Waals surface area contributed by atoms with Crippen LogP contribution in [0, 0.1) is 0 Å². The molecule has 0 aliphatic rings. The lowest BCUT2D eigenvalue weighted by Gasteiger charge is -2.12. The van der Waals surface area contributed by atoms with Crippen LogP contribution in [0.25, 0.3) is 0 Å². The van der Waals surface area contributed by atoms with E-state index in [9.17, 15) is 0 Å². The Hall–Kier alpha value is -2.35.